The molecule has 4 aromatic rings. The molecule has 0 bridgehead atoms. The fourth-order valence-corrected chi connectivity index (χ4v) is 7.19. The molecule has 1 amide bonds. The lowest BCUT2D eigenvalue weighted by molar-refractivity contribution is -0.756. The molecule has 4 N–H and O–H groups in total. The summed E-state index contributed by atoms with van der Waals surface area (Å²) < 4.78 is 7.62. The zero-order chi connectivity index (χ0) is 43.4. The van der Waals surface area contributed by atoms with Crippen LogP contribution in [0.2, 0.25) is 0 Å². The van der Waals surface area contributed by atoms with Crippen molar-refractivity contribution in [3.8, 4) is 0 Å². The minimum Gasteiger partial charge on any atom is -0.862 e. The zero-order valence-corrected chi connectivity index (χ0v) is 38.4. The lowest BCUT2D eigenvalue weighted by Crippen LogP contribution is -2.82. The second-order valence-electron chi connectivity index (χ2n) is 18.7. The third-order valence-electron chi connectivity index (χ3n) is 11.2. The molecule has 4 rings (SSSR count). The zero-order valence-electron chi connectivity index (χ0n) is 38.4. The Kier molecular flexibility index (Phi) is 19.9. The van der Waals surface area contributed by atoms with Gasteiger partial charge in [-0.1, -0.05) is 96.5 Å². The highest BCUT2D eigenvalue weighted by molar-refractivity contribution is 5.75. The lowest BCUT2D eigenvalue weighted by atomic mass is 9.87. The van der Waals surface area contributed by atoms with Gasteiger partial charge in [-0.3, -0.25) is 9.79 Å². The summed E-state index contributed by atoms with van der Waals surface area (Å²) in [6, 6.07) is 17.9. The minimum absolute atomic E-state index is 0.0298. The van der Waals surface area contributed by atoms with Crippen LogP contribution in [0.4, 0.5) is 0 Å². The van der Waals surface area contributed by atoms with E-state index in [0.29, 0.717) is 25.9 Å². The van der Waals surface area contributed by atoms with Gasteiger partial charge in [-0.25, -0.2) is 0 Å². The highest BCUT2D eigenvalue weighted by Gasteiger charge is 2.16. The molecule has 0 aliphatic carbocycles. The van der Waals surface area contributed by atoms with Gasteiger partial charge in [0.25, 0.3) is 0 Å². The van der Waals surface area contributed by atoms with Gasteiger partial charge in [0.1, 0.15) is 40.3 Å². The van der Waals surface area contributed by atoms with Crippen LogP contribution in [-0.4, -0.2) is 44.7 Å². The van der Waals surface area contributed by atoms with Gasteiger partial charge in [0.05, 0.1) is 23.5 Å². The molecule has 0 aliphatic heterocycles. The molecule has 0 fully saturated rings. The number of carbonyl (C=O) groups excluding carboxylic acids is 1. The molecule has 0 aliphatic rings. The number of carbonyl (C=O) groups is 1. The predicted molar refractivity (Wildman–Crippen MR) is 238 cm³/mol. The molecular formula is C48H78N10O2+2. The highest BCUT2D eigenvalue weighted by Crippen LogP contribution is 2.23. The van der Waals surface area contributed by atoms with Crippen molar-refractivity contribution in [2.24, 2.45) is 19.1 Å². The van der Waals surface area contributed by atoms with Crippen molar-refractivity contribution in [1.29, 1.82) is 0 Å². The first-order valence-electron chi connectivity index (χ1n) is 22.7. The van der Waals surface area contributed by atoms with Crippen molar-refractivity contribution in [1.82, 2.24) is 30.4 Å². The summed E-state index contributed by atoms with van der Waals surface area (Å²) in [4.78, 5) is 16.8. The van der Waals surface area contributed by atoms with Crippen LogP contribution in [0.1, 0.15) is 152 Å². The Bertz CT molecular complexity index is 1860. The number of aliphatic imine (C=N–C) groups is 1. The molecule has 12 nitrogen and oxygen atoms in total. The van der Waals surface area contributed by atoms with Crippen LogP contribution in [0.25, 0.3) is 0 Å². The van der Waals surface area contributed by atoms with E-state index in [1.54, 1.807) is 0 Å². The van der Waals surface area contributed by atoms with E-state index in [0.717, 1.165) is 115 Å². The van der Waals surface area contributed by atoms with Gasteiger partial charge in [0.15, 0.2) is 23.8 Å². The van der Waals surface area contributed by atoms with Crippen molar-refractivity contribution in [3.63, 3.8) is 0 Å². The van der Waals surface area contributed by atoms with Gasteiger partial charge >= 0.3 is 0 Å². The number of hydrogen-bond donors (Lipinski definition) is 3. The number of benzene rings is 2. The third-order valence-corrected chi connectivity index (χ3v) is 11.2. The quantitative estimate of drug-likeness (QED) is 0.0332. The van der Waals surface area contributed by atoms with Crippen LogP contribution in [0.5, 0.6) is 0 Å². The summed E-state index contributed by atoms with van der Waals surface area (Å²) in [7, 11) is 3.85. The summed E-state index contributed by atoms with van der Waals surface area (Å²) in [5.74, 6) is 0.0731. The summed E-state index contributed by atoms with van der Waals surface area (Å²) in [5, 5.41) is 30.6. The predicted octanol–water partition coefficient (Wildman–Crippen LogP) is 5.13. The van der Waals surface area contributed by atoms with Gasteiger partial charge in [-0.05, 0) is 104 Å². The molecule has 0 saturated heterocycles. The van der Waals surface area contributed by atoms with Crippen LogP contribution < -0.4 is 30.4 Å². The number of aromatic nitrogens is 6. The third kappa shape index (κ3) is 18.1. The maximum atomic E-state index is 12.5. The maximum Gasteiger partial charge on any atom is 0.220 e. The number of aryl methyl sites for hydroxylation is 4. The van der Waals surface area contributed by atoms with E-state index in [9.17, 15) is 9.90 Å². The van der Waals surface area contributed by atoms with Gasteiger partial charge in [0.2, 0.25) is 5.91 Å². The van der Waals surface area contributed by atoms with Crippen molar-refractivity contribution in [2.75, 3.05) is 13.1 Å². The smallest absolute Gasteiger partial charge is 0.220 e. The molecule has 60 heavy (non-hydrogen) atoms. The number of nitrogens with zero attached hydrogens (tertiary/aromatic N) is 7. The number of unbranched alkanes of at least 4 members (excludes halogenated alkanes) is 7. The van der Waals surface area contributed by atoms with Gasteiger partial charge < -0.3 is 21.1 Å². The molecule has 0 radical (unpaired) electrons. The van der Waals surface area contributed by atoms with E-state index in [1.165, 1.54) is 22.3 Å². The van der Waals surface area contributed by atoms with Crippen LogP contribution in [0, 0.1) is 0 Å². The molecule has 12 heteroatoms. The normalized spacial score (nSPS) is 12.4. The summed E-state index contributed by atoms with van der Waals surface area (Å²) in [6.07, 6.45) is 15.4. The molecule has 0 unspecified atom stereocenters. The Morgan fingerprint density at radius 2 is 1.22 bits per heavy atom. The Balaban J connectivity index is 0.984. The number of hydrogen-bond acceptors (Lipinski definition) is 6. The topological polar surface area (TPSA) is 137 Å². The van der Waals surface area contributed by atoms with E-state index in [4.69, 9.17) is 0 Å². The number of quaternary nitrogens is 1. The fraction of sp³-hybridized carbons (Fsp3) is 0.625. The van der Waals surface area contributed by atoms with Crippen LogP contribution >= 0.6 is 0 Å². The SMILES string of the molecule is Cn1n[n+](CCCCCC[n+]2cc(CNC(=O)CCCCC[NH2+]Cc3ccc(C(C)(C)C)cc3)n(C)n2)cc1CN=C([O-])CCCCCNCc1ccc(C(C)(C)C)cc1. The van der Waals surface area contributed by atoms with E-state index >= 15 is 0 Å². The lowest BCUT2D eigenvalue weighted by Gasteiger charge is -2.19. The summed E-state index contributed by atoms with van der Waals surface area (Å²) >= 11 is 0. The molecule has 0 atom stereocenters. The van der Waals surface area contributed by atoms with E-state index in [2.05, 4.69) is 121 Å². The van der Waals surface area contributed by atoms with E-state index < -0.39 is 0 Å². The Morgan fingerprint density at radius 3 is 1.83 bits per heavy atom. The van der Waals surface area contributed by atoms with Crippen molar-refractivity contribution >= 4 is 11.8 Å². The highest BCUT2D eigenvalue weighted by atomic mass is 16.3. The Morgan fingerprint density at radius 1 is 0.683 bits per heavy atom. The van der Waals surface area contributed by atoms with Crippen LogP contribution in [-0.2, 0) is 69.0 Å². The van der Waals surface area contributed by atoms with Crippen molar-refractivity contribution < 1.29 is 24.6 Å². The molecule has 0 spiro atoms. The van der Waals surface area contributed by atoms with Crippen LogP contribution in [0.3, 0.4) is 0 Å². The first kappa shape index (κ1) is 48.2. The molecule has 2 heterocycles. The minimum atomic E-state index is -0.0298. The van der Waals surface area contributed by atoms with Gasteiger partial charge in [-0.2, -0.15) is 0 Å². The molecule has 2 aromatic carbocycles. The number of nitrogens with one attached hydrogen (secondary N) is 2. The Labute approximate surface area is 361 Å². The summed E-state index contributed by atoms with van der Waals surface area (Å²) in [5.41, 5.74) is 7.70. The van der Waals surface area contributed by atoms with Crippen molar-refractivity contribution in [3.05, 3.63) is 94.6 Å². The van der Waals surface area contributed by atoms with Gasteiger partial charge in [0, 0.05) is 18.5 Å². The van der Waals surface area contributed by atoms with E-state index in [1.807, 2.05) is 45.2 Å². The first-order valence-corrected chi connectivity index (χ1v) is 22.7. The number of rotatable bonds is 27. The average Bonchev–Trinajstić information content (AvgIpc) is 3.75. The molecule has 2 aromatic heterocycles. The van der Waals surface area contributed by atoms with Crippen molar-refractivity contribution in [2.45, 2.75) is 169 Å². The fourth-order valence-electron chi connectivity index (χ4n) is 7.19. The largest absolute Gasteiger partial charge is 0.862 e. The standard InChI is InChI=1S/C48H76N10O2/c1-47(2,3)41-25-21-39(22-26-41)33-49-29-15-11-13-19-45(59)51-35-43-37-57(53-55(43)7)31-17-9-10-18-32-58-38-44(56(8)54-58)36-52-46(60)20-14-12-16-30-50-34-40-23-27-42(28-24-40)48(4,5)6/h21-28,37-38,49-50H,9-20,29-36H2,1-8H3/p+2. The van der Waals surface area contributed by atoms with E-state index in [-0.39, 0.29) is 22.6 Å². The van der Waals surface area contributed by atoms with Gasteiger partial charge in [-0.15, -0.1) is 18.7 Å². The van der Waals surface area contributed by atoms with Crippen LogP contribution in [0.15, 0.2) is 65.9 Å². The second kappa shape index (κ2) is 24.7. The Hall–Kier alpha value is -4.42. The number of nitrogens with two attached hydrogens (primary N) is 1. The molecular weight excluding hydrogens is 749 g/mol. The average molecular weight is 827 g/mol. The molecule has 0 saturated carbocycles. The monoisotopic (exact) mass is 827 g/mol. The first-order chi connectivity index (χ1) is 28.7. The second-order valence-corrected chi connectivity index (χ2v) is 18.7. The number of amides is 1. The maximum absolute atomic E-state index is 12.5. The molecule has 330 valence electrons. The summed E-state index contributed by atoms with van der Waals surface area (Å²) in [6.45, 7) is 19.9.